The minimum absolute atomic E-state index is 0.0877. The molecular formula is C39H21F5N2. The molecule has 0 spiro atoms. The largest absolute Gasteiger partial charge is 0.309 e. The van der Waals surface area contributed by atoms with Crippen LogP contribution in [0.15, 0.2) is 128 Å². The molecule has 8 rings (SSSR count). The van der Waals surface area contributed by atoms with Gasteiger partial charge in [0.05, 0.1) is 17.4 Å². The average molecular weight is 613 g/mol. The lowest BCUT2D eigenvalue weighted by Gasteiger charge is -2.25. The molecule has 8 aromatic rings. The Bertz CT molecular complexity index is 2270. The molecule has 0 atom stereocenters. The van der Waals surface area contributed by atoms with Crippen LogP contribution < -0.4 is 4.90 Å². The van der Waals surface area contributed by atoms with E-state index in [4.69, 9.17) is 0 Å². The summed E-state index contributed by atoms with van der Waals surface area (Å²) < 4.78 is 71.1. The van der Waals surface area contributed by atoms with E-state index in [2.05, 4.69) is 46.3 Å². The van der Waals surface area contributed by atoms with Crippen molar-refractivity contribution in [2.24, 2.45) is 0 Å². The molecule has 0 saturated carbocycles. The van der Waals surface area contributed by atoms with Gasteiger partial charge in [-0.15, -0.1) is 0 Å². The Morgan fingerprint density at radius 3 is 1.41 bits per heavy atom. The van der Waals surface area contributed by atoms with Crippen molar-refractivity contribution in [1.82, 2.24) is 4.98 Å². The van der Waals surface area contributed by atoms with E-state index < -0.39 is 34.6 Å². The monoisotopic (exact) mass is 612 g/mol. The lowest BCUT2D eigenvalue weighted by Crippen LogP contribution is -2.09. The highest BCUT2D eigenvalue weighted by Crippen LogP contribution is 2.42. The number of aromatic nitrogens is 1. The first-order valence-corrected chi connectivity index (χ1v) is 14.5. The van der Waals surface area contributed by atoms with Gasteiger partial charge in [-0.05, 0) is 110 Å². The molecule has 0 fully saturated rings. The van der Waals surface area contributed by atoms with Crippen LogP contribution in [0.4, 0.5) is 39.0 Å². The van der Waals surface area contributed by atoms with E-state index in [0.29, 0.717) is 10.8 Å². The van der Waals surface area contributed by atoms with Gasteiger partial charge in [0.15, 0.2) is 23.3 Å². The van der Waals surface area contributed by atoms with Crippen LogP contribution in [0.25, 0.3) is 54.6 Å². The van der Waals surface area contributed by atoms with Crippen LogP contribution >= 0.6 is 0 Å². The number of hydrogen-bond acceptors (Lipinski definition) is 2. The molecule has 222 valence electrons. The van der Waals surface area contributed by atoms with Crippen LogP contribution in [0, 0.1) is 29.1 Å². The Hall–Kier alpha value is -5.82. The van der Waals surface area contributed by atoms with E-state index in [0.717, 1.165) is 49.7 Å². The predicted molar refractivity (Wildman–Crippen MR) is 173 cm³/mol. The molecule has 0 aliphatic carbocycles. The minimum Gasteiger partial charge on any atom is -0.309 e. The van der Waals surface area contributed by atoms with Gasteiger partial charge in [-0.1, -0.05) is 54.6 Å². The van der Waals surface area contributed by atoms with Gasteiger partial charge in [-0.2, -0.15) is 0 Å². The van der Waals surface area contributed by atoms with Gasteiger partial charge in [-0.3, -0.25) is 4.98 Å². The molecule has 1 aromatic heterocycles. The lowest BCUT2D eigenvalue weighted by atomic mass is 9.89. The number of pyridine rings is 1. The van der Waals surface area contributed by atoms with Gasteiger partial charge in [0.2, 0.25) is 5.82 Å². The third-order valence-corrected chi connectivity index (χ3v) is 8.41. The van der Waals surface area contributed by atoms with E-state index >= 15 is 0 Å². The zero-order valence-electron chi connectivity index (χ0n) is 23.9. The highest BCUT2D eigenvalue weighted by atomic mass is 19.2. The summed E-state index contributed by atoms with van der Waals surface area (Å²) in [6.45, 7) is 0. The maximum absolute atomic E-state index is 14.7. The molecule has 1 heterocycles. The standard InChI is InChI=1S/C39H21F5N2/c40-35-34(36(41)38(43)39(44)37(35)42)28-19-25-10-8-23-17-27(18-24-9-11-26(20-28)33(25)32(23)24)22-12-14-30(15-13-22)46(29-5-2-1-3-6-29)31-7-4-16-45-21-31/h1-21H. The first kappa shape index (κ1) is 27.7. The van der Waals surface area contributed by atoms with E-state index in [1.54, 1.807) is 18.3 Å². The van der Waals surface area contributed by atoms with Crippen molar-refractivity contribution in [3.8, 4) is 22.3 Å². The summed E-state index contributed by atoms with van der Waals surface area (Å²) in [6, 6.07) is 36.8. The molecule has 0 unspecified atom stereocenters. The maximum Gasteiger partial charge on any atom is 0.200 e. The van der Waals surface area contributed by atoms with Gasteiger partial charge in [0, 0.05) is 17.6 Å². The van der Waals surface area contributed by atoms with Crippen molar-refractivity contribution in [2.75, 3.05) is 4.90 Å². The second kappa shape index (κ2) is 10.7. The van der Waals surface area contributed by atoms with Crippen molar-refractivity contribution < 1.29 is 22.0 Å². The molecular weight excluding hydrogens is 591 g/mol. The number of nitrogens with zero attached hydrogens (tertiary/aromatic N) is 2. The second-order valence-electron chi connectivity index (χ2n) is 11.1. The van der Waals surface area contributed by atoms with Gasteiger partial charge in [-0.25, -0.2) is 22.0 Å². The fourth-order valence-corrected chi connectivity index (χ4v) is 6.32. The van der Waals surface area contributed by atoms with Crippen LogP contribution in [0.3, 0.4) is 0 Å². The first-order chi connectivity index (χ1) is 22.4. The molecule has 7 aromatic carbocycles. The van der Waals surface area contributed by atoms with Crippen molar-refractivity contribution in [2.45, 2.75) is 0 Å². The molecule has 0 N–H and O–H groups in total. The Morgan fingerprint density at radius 1 is 0.413 bits per heavy atom. The molecule has 7 heteroatoms. The fraction of sp³-hybridized carbons (Fsp3) is 0. The topological polar surface area (TPSA) is 16.1 Å². The molecule has 0 saturated heterocycles. The first-order valence-electron chi connectivity index (χ1n) is 14.5. The molecule has 46 heavy (non-hydrogen) atoms. The van der Waals surface area contributed by atoms with Crippen LogP contribution in [0.2, 0.25) is 0 Å². The van der Waals surface area contributed by atoms with E-state index in [9.17, 15) is 22.0 Å². The summed E-state index contributed by atoms with van der Waals surface area (Å²) in [5, 5.41) is 4.97. The quantitative estimate of drug-likeness (QED) is 0.0832. The normalized spacial score (nSPS) is 11.6. The highest BCUT2D eigenvalue weighted by Gasteiger charge is 2.27. The Morgan fingerprint density at radius 2 is 0.891 bits per heavy atom. The number of hydrogen-bond donors (Lipinski definition) is 0. The van der Waals surface area contributed by atoms with E-state index in [1.165, 1.54) is 12.1 Å². The number of halogens is 5. The second-order valence-corrected chi connectivity index (χ2v) is 11.1. The maximum atomic E-state index is 14.7. The summed E-state index contributed by atoms with van der Waals surface area (Å²) in [4.78, 5) is 6.45. The third kappa shape index (κ3) is 4.35. The molecule has 2 nitrogen and oxygen atoms in total. The Labute approximate surface area is 259 Å². The van der Waals surface area contributed by atoms with Gasteiger partial charge < -0.3 is 4.90 Å². The van der Waals surface area contributed by atoms with Crippen LogP contribution in [0.1, 0.15) is 0 Å². The SMILES string of the molecule is Fc1c(F)c(F)c(-c2cc3ccc4cc(-c5ccc(N(c6ccccc6)c6cccnc6)cc5)cc5ccc(c2)c3c45)c(F)c1F. The van der Waals surface area contributed by atoms with Crippen molar-refractivity contribution in [3.63, 3.8) is 0 Å². The number of para-hydroxylation sites is 1. The van der Waals surface area contributed by atoms with Crippen molar-refractivity contribution in [3.05, 3.63) is 157 Å². The Balaban J connectivity index is 1.21. The number of rotatable bonds is 5. The number of benzene rings is 7. The summed E-state index contributed by atoms with van der Waals surface area (Å²) >= 11 is 0. The predicted octanol–water partition coefficient (Wildman–Crippen LogP) is 11.5. The smallest absolute Gasteiger partial charge is 0.200 e. The minimum atomic E-state index is -2.18. The van der Waals surface area contributed by atoms with E-state index in [1.807, 2.05) is 60.8 Å². The Kier molecular flexibility index (Phi) is 6.42. The molecule has 0 bridgehead atoms. The van der Waals surface area contributed by atoms with Crippen LogP contribution in [-0.4, -0.2) is 4.98 Å². The van der Waals surface area contributed by atoms with Gasteiger partial charge in [0.1, 0.15) is 0 Å². The van der Waals surface area contributed by atoms with Crippen LogP contribution in [-0.2, 0) is 0 Å². The summed E-state index contributed by atoms with van der Waals surface area (Å²) in [5.74, 6) is -9.82. The summed E-state index contributed by atoms with van der Waals surface area (Å²) in [5.41, 5.74) is 3.92. The van der Waals surface area contributed by atoms with E-state index in [-0.39, 0.29) is 5.56 Å². The lowest BCUT2D eigenvalue weighted by molar-refractivity contribution is 0.381. The van der Waals surface area contributed by atoms with Crippen molar-refractivity contribution in [1.29, 1.82) is 0 Å². The van der Waals surface area contributed by atoms with Gasteiger partial charge >= 0.3 is 0 Å². The molecule has 0 aliphatic heterocycles. The zero-order valence-corrected chi connectivity index (χ0v) is 23.9. The van der Waals surface area contributed by atoms with Gasteiger partial charge in [0.25, 0.3) is 0 Å². The number of anilines is 3. The molecule has 0 aliphatic rings. The van der Waals surface area contributed by atoms with Crippen LogP contribution in [0.5, 0.6) is 0 Å². The third-order valence-electron chi connectivity index (χ3n) is 8.41. The molecule has 0 radical (unpaired) electrons. The average Bonchev–Trinajstić information content (AvgIpc) is 3.10. The van der Waals surface area contributed by atoms with Crippen molar-refractivity contribution >= 4 is 49.4 Å². The molecule has 0 amide bonds. The highest BCUT2D eigenvalue weighted by molar-refractivity contribution is 6.24. The fourth-order valence-electron chi connectivity index (χ4n) is 6.32. The summed E-state index contributed by atoms with van der Waals surface area (Å²) in [7, 11) is 0. The summed E-state index contributed by atoms with van der Waals surface area (Å²) in [6.07, 6.45) is 3.57. The zero-order chi connectivity index (χ0) is 31.5.